The summed E-state index contributed by atoms with van der Waals surface area (Å²) in [5.41, 5.74) is 1.06. The van der Waals surface area contributed by atoms with Crippen LogP contribution in [0.1, 0.15) is 38.4 Å². The third-order valence-electron chi connectivity index (χ3n) is 2.47. The summed E-state index contributed by atoms with van der Waals surface area (Å²) in [6.45, 7) is 4.25. The first-order valence-electron chi connectivity index (χ1n) is 5.38. The second kappa shape index (κ2) is 6.21. The number of nitrogens with zero attached hydrogens (tertiary/aromatic N) is 1. The molecule has 0 fully saturated rings. The van der Waals surface area contributed by atoms with Crippen molar-refractivity contribution < 1.29 is 0 Å². The second-order valence-corrected chi connectivity index (χ2v) is 3.66. The molecule has 0 aliphatic rings. The summed E-state index contributed by atoms with van der Waals surface area (Å²) in [7, 11) is 0. The number of rotatable bonds is 5. The molecule has 0 amide bonds. The Morgan fingerprint density at radius 2 is 2.33 bits per heavy atom. The van der Waals surface area contributed by atoms with E-state index in [9.17, 15) is 0 Å². The van der Waals surface area contributed by atoms with Crippen LogP contribution < -0.4 is 5.32 Å². The van der Waals surface area contributed by atoms with Crippen molar-refractivity contribution in [3.63, 3.8) is 0 Å². The third-order valence-corrected chi connectivity index (χ3v) is 2.47. The normalized spacial score (nSPS) is 14.2. The molecule has 0 bridgehead atoms. The zero-order chi connectivity index (χ0) is 11.1. The monoisotopic (exact) mass is 202 g/mol. The zero-order valence-electron chi connectivity index (χ0n) is 9.40. The second-order valence-electron chi connectivity index (χ2n) is 3.66. The summed E-state index contributed by atoms with van der Waals surface area (Å²) >= 11 is 0. The molecule has 0 aromatic carbocycles. The van der Waals surface area contributed by atoms with Crippen LogP contribution in [-0.2, 0) is 0 Å². The molecule has 0 aliphatic carbocycles. The van der Waals surface area contributed by atoms with Gasteiger partial charge in [-0.05, 0) is 25.5 Å². The minimum absolute atomic E-state index is 0.254. The Morgan fingerprint density at radius 3 is 2.87 bits per heavy atom. The maximum absolute atomic E-state index is 5.31. The van der Waals surface area contributed by atoms with Gasteiger partial charge in [-0.25, -0.2) is 0 Å². The molecule has 0 radical (unpaired) electrons. The van der Waals surface area contributed by atoms with E-state index in [1.54, 1.807) is 0 Å². The lowest BCUT2D eigenvalue weighted by molar-refractivity contribution is 0.443. The lowest BCUT2D eigenvalue weighted by Gasteiger charge is -2.20. The molecule has 1 heterocycles. The maximum atomic E-state index is 5.31. The fraction of sp³-hybridized carbons (Fsp3) is 0.462. The van der Waals surface area contributed by atoms with Crippen LogP contribution in [0.25, 0.3) is 0 Å². The van der Waals surface area contributed by atoms with E-state index >= 15 is 0 Å². The van der Waals surface area contributed by atoms with Crippen LogP contribution in [0.5, 0.6) is 0 Å². The first-order chi connectivity index (χ1) is 7.27. The Balaban J connectivity index is 2.55. The van der Waals surface area contributed by atoms with Gasteiger partial charge >= 0.3 is 0 Å². The van der Waals surface area contributed by atoms with Crippen molar-refractivity contribution in [2.24, 2.45) is 0 Å². The Hall–Kier alpha value is -1.33. The van der Waals surface area contributed by atoms with E-state index in [1.807, 2.05) is 24.4 Å². The molecular weight excluding hydrogens is 184 g/mol. The fourth-order valence-electron chi connectivity index (χ4n) is 1.53. The van der Waals surface area contributed by atoms with Crippen LogP contribution in [0, 0.1) is 12.3 Å². The van der Waals surface area contributed by atoms with Crippen molar-refractivity contribution in [1.29, 1.82) is 0 Å². The van der Waals surface area contributed by atoms with Gasteiger partial charge in [0.25, 0.3) is 0 Å². The molecule has 1 aromatic heterocycles. The van der Waals surface area contributed by atoms with Crippen LogP contribution in [0.15, 0.2) is 24.4 Å². The summed E-state index contributed by atoms with van der Waals surface area (Å²) in [6, 6.07) is 6.59. The molecule has 1 N–H and O–H groups in total. The van der Waals surface area contributed by atoms with Crippen molar-refractivity contribution in [2.75, 3.05) is 0 Å². The Morgan fingerprint density at radius 1 is 1.53 bits per heavy atom. The lowest BCUT2D eigenvalue weighted by atomic mass is 10.1. The van der Waals surface area contributed by atoms with Crippen molar-refractivity contribution in [2.45, 2.75) is 38.8 Å². The number of terminal acetylenes is 1. The molecule has 80 valence electrons. The topological polar surface area (TPSA) is 24.9 Å². The quantitative estimate of drug-likeness (QED) is 0.742. The molecule has 0 saturated heterocycles. The molecule has 0 aliphatic heterocycles. The van der Waals surface area contributed by atoms with Gasteiger partial charge in [0.15, 0.2) is 0 Å². The van der Waals surface area contributed by atoms with Gasteiger partial charge in [-0.15, -0.1) is 12.3 Å². The number of hydrogen-bond donors (Lipinski definition) is 1. The molecule has 15 heavy (non-hydrogen) atoms. The van der Waals surface area contributed by atoms with Crippen LogP contribution >= 0.6 is 0 Å². The van der Waals surface area contributed by atoms with Crippen molar-refractivity contribution in [3.05, 3.63) is 30.1 Å². The summed E-state index contributed by atoms with van der Waals surface area (Å²) in [4.78, 5) is 4.31. The lowest BCUT2D eigenvalue weighted by Crippen LogP contribution is -2.31. The van der Waals surface area contributed by atoms with E-state index in [0.717, 1.165) is 18.5 Å². The predicted molar refractivity (Wildman–Crippen MR) is 63.3 cm³/mol. The Bertz CT molecular complexity index is 313. The van der Waals surface area contributed by atoms with Crippen LogP contribution in [0.3, 0.4) is 0 Å². The molecule has 2 atom stereocenters. The average molecular weight is 202 g/mol. The van der Waals surface area contributed by atoms with E-state index in [0.29, 0.717) is 6.04 Å². The fourth-order valence-corrected chi connectivity index (χ4v) is 1.53. The third kappa shape index (κ3) is 3.73. The molecule has 2 nitrogen and oxygen atoms in total. The first-order valence-corrected chi connectivity index (χ1v) is 5.38. The molecule has 1 aromatic rings. The van der Waals surface area contributed by atoms with Crippen LogP contribution in [-0.4, -0.2) is 11.0 Å². The van der Waals surface area contributed by atoms with E-state index in [-0.39, 0.29) is 6.04 Å². The highest BCUT2D eigenvalue weighted by atomic mass is 15.0. The molecule has 0 saturated carbocycles. The standard InChI is InChI=1S/C13H18N2/c1-4-8-12(5-2)15-11(3)13-9-6-7-10-14-13/h1,6-7,9-12,15H,5,8H2,2-3H3. The minimum atomic E-state index is 0.254. The van der Waals surface area contributed by atoms with Crippen molar-refractivity contribution >= 4 is 0 Å². The number of nitrogens with one attached hydrogen (secondary N) is 1. The van der Waals surface area contributed by atoms with Crippen molar-refractivity contribution in [1.82, 2.24) is 10.3 Å². The summed E-state index contributed by atoms with van der Waals surface area (Å²) < 4.78 is 0. The molecule has 0 spiro atoms. The van der Waals surface area contributed by atoms with E-state index in [1.165, 1.54) is 0 Å². The highest BCUT2D eigenvalue weighted by molar-refractivity contribution is 5.08. The van der Waals surface area contributed by atoms with Gasteiger partial charge in [0.1, 0.15) is 0 Å². The maximum Gasteiger partial charge on any atom is 0.0570 e. The van der Waals surface area contributed by atoms with Crippen molar-refractivity contribution in [3.8, 4) is 12.3 Å². The summed E-state index contributed by atoms with van der Waals surface area (Å²) in [6.07, 6.45) is 8.94. The summed E-state index contributed by atoms with van der Waals surface area (Å²) in [5, 5.41) is 3.48. The van der Waals surface area contributed by atoms with Crippen LogP contribution in [0.2, 0.25) is 0 Å². The van der Waals surface area contributed by atoms with Gasteiger partial charge in [-0.3, -0.25) is 4.98 Å². The van der Waals surface area contributed by atoms with Gasteiger partial charge in [-0.2, -0.15) is 0 Å². The molecule has 2 heteroatoms. The van der Waals surface area contributed by atoms with Gasteiger partial charge in [0.05, 0.1) is 5.69 Å². The average Bonchev–Trinajstić information content (AvgIpc) is 2.29. The smallest absolute Gasteiger partial charge is 0.0570 e. The van der Waals surface area contributed by atoms with Gasteiger partial charge in [0.2, 0.25) is 0 Å². The van der Waals surface area contributed by atoms with E-state index < -0.39 is 0 Å². The summed E-state index contributed by atoms with van der Waals surface area (Å²) in [5.74, 6) is 2.69. The molecule has 2 unspecified atom stereocenters. The van der Waals surface area contributed by atoms with Crippen LogP contribution in [0.4, 0.5) is 0 Å². The van der Waals surface area contributed by atoms with E-state index in [2.05, 4.69) is 30.1 Å². The zero-order valence-corrected chi connectivity index (χ0v) is 9.40. The minimum Gasteiger partial charge on any atom is -0.305 e. The predicted octanol–water partition coefficient (Wildman–Crippen LogP) is 2.53. The van der Waals surface area contributed by atoms with Gasteiger partial charge in [0, 0.05) is 24.7 Å². The SMILES string of the molecule is C#CCC(CC)NC(C)c1ccccn1. The highest BCUT2D eigenvalue weighted by Crippen LogP contribution is 2.11. The molecular formula is C13H18N2. The van der Waals surface area contributed by atoms with Gasteiger partial charge in [-0.1, -0.05) is 13.0 Å². The van der Waals surface area contributed by atoms with Gasteiger partial charge < -0.3 is 5.32 Å². The Labute approximate surface area is 92.1 Å². The number of aromatic nitrogens is 1. The molecule has 1 rings (SSSR count). The first kappa shape index (κ1) is 11.7. The number of hydrogen-bond acceptors (Lipinski definition) is 2. The Kier molecular flexibility index (Phi) is 4.86. The highest BCUT2D eigenvalue weighted by Gasteiger charge is 2.11. The van der Waals surface area contributed by atoms with E-state index in [4.69, 9.17) is 6.42 Å². The largest absolute Gasteiger partial charge is 0.305 e. The number of pyridine rings is 1.